The van der Waals surface area contributed by atoms with Crippen LogP contribution in [0.15, 0.2) is 67.1 Å². The number of nitrogens with two attached hydrogens (primary N) is 1. The van der Waals surface area contributed by atoms with Gasteiger partial charge in [-0.2, -0.15) is 5.10 Å². The topological polar surface area (TPSA) is 88.6 Å². The molecule has 3 N–H and O–H groups in total. The summed E-state index contributed by atoms with van der Waals surface area (Å²) in [7, 11) is 0. The minimum Gasteiger partial charge on any atom is -0.372 e. The summed E-state index contributed by atoms with van der Waals surface area (Å²) in [6, 6.07) is 17.2. The average molecular weight is 475 g/mol. The number of aryl methyl sites for hydroxylation is 1. The van der Waals surface area contributed by atoms with Gasteiger partial charge in [-0.1, -0.05) is 69.7 Å². The van der Waals surface area contributed by atoms with Crippen LogP contribution in [-0.4, -0.2) is 47.2 Å². The molecule has 0 radical (unpaired) electrons. The van der Waals surface area contributed by atoms with Crippen LogP contribution in [0.5, 0.6) is 0 Å². The van der Waals surface area contributed by atoms with Gasteiger partial charge < -0.3 is 16.0 Å². The summed E-state index contributed by atoms with van der Waals surface area (Å²) in [6.07, 6.45) is 6.14. The van der Waals surface area contributed by atoms with Gasteiger partial charge in [0.1, 0.15) is 0 Å². The summed E-state index contributed by atoms with van der Waals surface area (Å²) >= 11 is 0. The molecule has 7 nitrogen and oxygen atoms in total. The SMILES string of the molecule is CC.CC.Cc1cccc(-c2cnn3cc(-c4ccc(N5CCNCC5)cc4)cnc23)c1.NC=O. The number of fused-ring (bicyclic) bond motifs is 1. The van der Waals surface area contributed by atoms with E-state index in [0.717, 1.165) is 54.1 Å². The molecular weight excluding hydrogens is 436 g/mol. The number of hydrogen-bond acceptors (Lipinski definition) is 5. The third-order valence-corrected chi connectivity index (χ3v) is 5.37. The first-order chi connectivity index (χ1) is 17.2. The van der Waals surface area contributed by atoms with Gasteiger partial charge in [-0.15, -0.1) is 0 Å². The largest absolute Gasteiger partial charge is 0.372 e. The first kappa shape index (κ1) is 27.5. The van der Waals surface area contributed by atoms with Crippen molar-refractivity contribution in [1.29, 1.82) is 0 Å². The number of carbonyl (C=O) groups is 1. The second-order valence-corrected chi connectivity index (χ2v) is 7.46. The maximum atomic E-state index is 8.58. The van der Waals surface area contributed by atoms with E-state index < -0.39 is 0 Å². The molecule has 2 aromatic heterocycles. The average Bonchev–Trinajstić information content (AvgIpc) is 3.35. The molecule has 1 aliphatic rings. The second kappa shape index (κ2) is 14.5. The Morgan fingerprint density at radius 3 is 2.20 bits per heavy atom. The molecule has 7 heteroatoms. The Balaban J connectivity index is 0.000000563. The zero-order valence-corrected chi connectivity index (χ0v) is 21.5. The van der Waals surface area contributed by atoms with E-state index in [4.69, 9.17) is 9.78 Å². The molecule has 2 aromatic carbocycles. The van der Waals surface area contributed by atoms with Gasteiger partial charge >= 0.3 is 0 Å². The van der Waals surface area contributed by atoms with Gasteiger partial charge in [-0.3, -0.25) is 4.79 Å². The van der Waals surface area contributed by atoms with Gasteiger partial charge in [0, 0.05) is 55.4 Å². The van der Waals surface area contributed by atoms with Crippen molar-refractivity contribution in [3.05, 3.63) is 72.7 Å². The number of hydrogen-bond donors (Lipinski definition) is 2. The molecule has 0 spiro atoms. The third-order valence-electron chi connectivity index (χ3n) is 5.37. The minimum absolute atomic E-state index is 0.250. The van der Waals surface area contributed by atoms with Crippen LogP contribution in [0.1, 0.15) is 33.3 Å². The first-order valence-electron chi connectivity index (χ1n) is 12.3. The smallest absolute Gasteiger partial charge is 0.204 e. The van der Waals surface area contributed by atoms with Crippen LogP contribution in [-0.2, 0) is 4.79 Å². The molecule has 186 valence electrons. The number of primary amides is 1. The van der Waals surface area contributed by atoms with Crippen LogP contribution >= 0.6 is 0 Å². The lowest BCUT2D eigenvalue weighted by molar-refractivity contribution is -0.106. The Bertz CT molecular complexity index is 1160. The van der Waals surface area contributed by atoms with Crippen LogP contribution in [0.4, 0.5) is 5.69 Å². The van der Waals surface area contributed by atoms with Gasteiger partial charge in [0.15, 0.2) is 5.65 Å². The molecule has 1 saturated heterocycles. The number of piperazine rings is 1. The number of rotatable bonds is 3. The standard InChI is InChI=1S/C23H23N5.2C2H6.CH3NO/c1-17-3-2-4-19(13-17)22-15-26-28-16-20(14-25-23(22)28)18-5-7-21(8-6-18)27-11-9-24-10-12-27;2*1-2;2-1-3/h2-8,13-16,24H,9-12H2,1H3;2*1-2H3;1H,(H2,2,3). The van der Waals surface area contributed by atoms with Crippen LogP contribution in [0.25, 0.3) is 27.9 Å². The van der Waals surface area contributed by atoms with Crippen molar-refractivity contribution < 1.29 is 4.79 Å². The van der Waals surface area contributed by atoms with Crippen molar-refractivity contribution in [2.24, 2.45) is 5.73 Å². The molecule has 3 heterocycles. The van der Waals surface area contributed by atoms with E-state index in [1.54, 1.807) is 0 Å². The predicted octanol–water partition coefficient (Wildman–Crippen LogP) is 4.94. The zero-order chi connectivity index (χ0) is 25.6. The Morgan fingerprint density at radius 1 is 0.914 bits per heavy atom. The molecule has 1 aliphatic heterocycles. The summed E-state index contributed by atoms with van der Waals surface area (Å²) in [4.78, 5) is 15.7. The fraction of sp³-hybridized carbons (Fsp3) is 0.321. The Hall–Kier alpha value is -3.71. The van der Waals surface area contributed by atoms with Crippen LogP contribution in [0.3, 0.4) is 0 Å². The van der Waals surface area contributed by atoms with E-state index in [1.807, 2.05) is 44.6 Å². The molecule has 5 rings (SSSR count). The van der Waals surface area contributed by atoms with Gasteiger partial charge in [0.2, 0.25) is 6.41 Å². The fourth-order valence-electron chi connectivity index (χ4n) is 3.83. The molecule has 0 unspecified atom stereocenters. The van der Waals surface area contributed by atoms with Crippen molar-refractivity contribution >= 4 is 17.7 Å². The third kappa shape index (κ3) is 7.13. The lowest BCUT2D eigenvalue weighted by atomic mass is 10.1. The van der Waals surface area contributed by atoms with E-state index in [9.17, 15) is 0 Å². The molecule has 35 heavy (non-hydrogen) atoms. The van der Waals surface area contributed by atoms with Gasteiger partial charge in [-0.05, 0) is 30.2 Å². The van der Waals surface area contributed by atoms with E-state index in [1.165, 1.54) is 11.3 Å². The van der Waals surface area contributed by atoms with Crippen molar-refractivity contribution in [2.75, 3.05) is 31.1 Å². The molecular formula is C28H38N6O. The highest BCUT2D eigenvalue weighted by atomic mass is 16.1. The highest BCUT2D eigenvalue weighted by Gasteiger charge is 2.12. The molecule has 1 fully saturated rings. The number of nitrogens with one attached hydrogen (secondary N) is 1. The van der Waals surface area contributed by atoms with Crippen molar-refractivity contribution in [3.8, 4) is 22.3 Å². The van der Waals surface area contributed by atoms with Gasteiger partial charge in [-0.25, -0.2) is 9.50 Å². The summed E-state index contributed by atoms with van der Waals surface area (Å²) in [5.74, 6) is 0. The summed E-state index contributed by atoms with van der Waals surface area (Å²) < 4.78 is 1.87. The molecule has 4 aromatic rings. The number of aromatic nitrogens is 3. The summed E-state index contributed by atoms with van der Waals surface area (Å²) in [6.45, 7) is 14.3. The number of nitrogens with zero attached hydrogens (tertiary/aromatic N) is 4. The quantitative estimate of drug-likeness (QED) is 0.411. The number of benzene rings is 2. The molecule has 0 bridgehead atoms. The second-order valence-electron chi connectivity index (χ2n) is 7.46. The normalized spacial score (nSPS) is 12.3. The maximum Gasteiger partial charge on any atom is 0.204 e. The predicted molar refractivity (Wildman–Crippen MR) is 147 cm³/mol. The molecule has 0 saturated carbocycles. The van der Waals surface area contributed by atoms with E-state index in [2.05, 4.69) is 82.7 Å². The van der Waals surface area contributed by atoms with Crippen LogP contribution in [0.2, 0.25) is 0 Å². The zero-order valence-electron chi connectivity index (χ0n) is 21.5. The number of carbonyl (C=O) groups excluding carboxylic acids is 1. The Morgan fingerprint density at radius 2 is 1.57 bits per heavy atom. The molecule has 0 aliphatic carbocycles. The van der Waals surface area contributed by atoms with E-state index >= 15 is 0 Å². The summed E-state index contributed by atoms with van der Waals surface area (Å²) in [5, 5.41) is 7.94. The van der Waals surface area contributed by atoms with E-state index in [0.29, 0.717) is 0 Å². The van der Waals surface area contributed by atoms with Crippen molar-refractivity contribution in [3.63, 3.8) is 0 Å². The summed E-state index contributed by atoms with van der Waals surface area (Å²) in [5.41, 5.74) is 12.0. The first-order valence-corrected chi connectivity index (χ1v) is 12.3. The minimum atomic E-state index is 0.250. The lowest BCUT2D eigenvalue weighted by Gasteiger charge is -2.29. The highest BCUT2D eigenvalue weighted by Crippen LogP contribution is 2.27. The number of anilines is 1. The molecule has 1 amide bonds. The molecule has 0 atom stereocenters. The Kier molecular flexibility index (Phi) is 11.4. The van der Waals surface area contributed by atoms with Crippen LogP contribution < -0.4 is 16.0 Å². The highest BCUT2D eigenvalue weighted by molar-refractivity contribution is 5.78. The number of amides is 1. The van der Waals surface area contributed by atoms with Crippen molar-refractivity contribution in [2.45, 2.75) is 34.6 Å². The van der Waals surface area contributed by atoms with E-state index in [-0.39, 0.29) is 6.41 Å². The fourth-order valence-corrected chi connectivity index (χ4v) is 3.83. The van der Waals surface area contributed by atoms with Gasteiger partial charge in [0.25, 0.3) is 0 Å². The van der Waals surface area contributed by atoms with Crippen LogP contribution in [0, 0.1) is 6.92 Å². The van der Waals surface area contributed by atoms with Crippen molar-refractivity contribution in [1.82, 2.24) is 19.9 Å². The maximum absolute atomic E-state index is 8.58. The lowest BCUT2D eigenvalue weighted by Crippen LogP contribution is -2.43. The Labute approximate surface area is 209 Å². The van der Waals surface area contributed by atoms with Gasteiger partial charge in [0.05, 0.1) is 6.20 Å². The monoisotopic (exact) mass is 474 g/mol.